The monoisotopic (exact) mass is 603 g/mol. The maximum absolute atomic E-state index is 13.1. The van der Waals surface area contributed by atoms with Crippen LogP contribution in [-0.2, 0) is 0 Å². The number of amides is 2. The molecule has 0 fully saturated rings. The summed E-state index contributed by atoms with van der Waals surface area (Å²) in [6.07, 6.45) is 1.59. The first-order chi connectivity index (χ1) is 21.9. The molecule has 2 heterocycles. The molecule has 6 aromatic rings. The van der Waals surface area contributed by atoms with Crippen molar-refractivity contribution in [2.24, 2.45) is 0 Å². The predicted molar refractivity (Wildman–Crippen MR) is 171 cm³/mol. The number of aryl methyl sites for hydroxylation is 1. The van der Waals surface area contributed by atoms with Crippen molar-refractivity contribution in [3.8, 4) is 34.7 Å². The third-order valence-electron chi connectivity index (χ3n) is 6.83. The molecular weight excluding hydrogens is 574 g/mol. The van der Waals surface area contributed by atoms with Crippen molar-refractivity contribution in [1.29, 1.82) is 0 Å². The highest BCUT2D eigenvalue weighted by molar-refractivity contribution is 6.07. The average Bonchev–Trinajstić information content (AvgIpc) is 3.42. The summed E-state index contributed by atoms with van der Waals surface area (Å²) in [5.41, 5.74) is 3.03. The Hall–Kier alpha value is -6.30. The number of fused-ring (bicyclic) bond motifs is 1. The van der Waals surface area contributed by atoms with Crippen LogP contribution in [0.3, 0.4) is 0 Å². The molecular formula is C33H29N7O5. The van der Waals surface area contributed by atoms with Crippen molar-refractivity contribution < 1.29 is 24.1 Å². The van der Waals surface area contributed by atoms with Gasteiger partial charge in [0.2, 0.25) is 17.7 Å². The van der Waals surface area contributed by atoms with Gasteiger partial charge >= 0.3 is 6.03 Å². The van der Waals surface area contributed by atoms with Crippen LogP contribution in [0.4, 0.5) is 27.9 Å². The topological polar surface area (TPSA) is 145 Å². The number of benzene rings is 4. The SMILES string of the molecule is COc1ccc(Nc2nccc(Oc3ccc(NC(=O)Nc4cc(O)nn4-c4ccc(C)cc4)c4ccccc34)n2)cc1OC. The van der Waals surface area contributed by atoms with Crippen molar-refractivity contribution in [3.05, 3.63) is 103 Å². The van der Waals surface area contributed by atoms with Gasteiger partial charge < -0.3 is 30.0 Å². The summed E-state index contributed by atoms with van der Waals surface area (Å²) >= 11 is 0. The van der Waals surface area contributed by atoms with Gasteiger partial charge in [-0.15, -0.1) is 5.10 Å². The molecule has 45 heavy (non-hydrogen) atoms. The zero-order chi connectivity index (χ0) is 31.3. The van der Waals surface area contributed by atoms with Gasteiger partial charge in [-0.05, 0) is 43.3 Å². The van der Waals surface area contributed by atoms with Crippen LogP contribution in [0.5, 0.6) is 29.0 Å². The van der Waals surface area contributed by atoms with Crippen molar-refractivity contribution >= 4 is 39.9 Å². The van der Waals surface area contributed by atoms with E-state index in [1.807, 2.05) is 61.5 Å². The standard InChI is InChI=1S/C33H29N7O5/c1-20-8-11-22(12-9-20)40-29(19-30(41)39-40)37-33(42)36-25-13-15-26(24-7-5-4-6-23(24)25)45-31-16-17-34-32(38-31)35-21-10-14-27(43-2)28(18-21)44-3/h4-19H,1-3H3,(H,39,41)(H,34,35,38)(H2,36,37,42). The van der Waals surface area contributed by atoms with Crippen LogP contribution < -0.4 is 30.2 Å². The van der Waals surface area contributed by atoms with Crippen LogP contribution in [0, 0.1) is 6.92 Å². The summed E-state index contributed by atoms with van der Waals surface area (Å²) in [6, 6.07) is 26.5. The van der Waals surface area contributed by atoms with Crippen molar-refractivity contribution in [2.45, 2.75) is 6.92 Å². The number of urea groups is 1. The molecule has 0 aliphatic heterocycles. The zero-order valence-corrected chi connectivity index (χ0v) is 24.6. The first kappa shape index (κ1) is 28.8. The number of carbonyl (C=O) groups excluding carboxylic acids is 1. The van der Waals surface area contributed by atoms with Crippen LogP contribution in [0.1, 0.15) is 5.56 Å². The molecule has 4 aromatic carbocycles. The number of ether oxygens (including phenoxy) is 3. The van der Waals surface area contributed by atoms with Crippen molar-refractivity contribution in [3.63, 3.8) is 0 Å². The number of methoxy groups -OCH3 is 2. The van der Waals surface area contributed by atoms with E-state index in [0.717, 1.165) is 16.3 Å². The van der Waals surface area contributed by atoms with Crippen molar-refractivity contribution in [1.82, 2.24) is 19.7 Å². The molecule has 0 atom stereocenters. The predicted octanol–water partition coefficient (Wildman–Crippen LogP) is 7.03. The Bertz CT molecular complexity index is 1990. The molecule has 0 unspecified atom stereocenters. The quantitative estimate of drug-likeness (QED) is 0.137. The molecule has 2 aromatic heterocycles. The number of anilines is 4. The fourth-order valence-electron chi connectivity index (χ4n) is 4.69. The highest BCUT2D eigenvalue weighted by Crippen LogP contribution is 2.35. The maximum Gasteiger partial charge on any atom is 0.324 e. The van der Waals surface area contributed by atoms with Crippen LogP contribution in [-0.4, -0.2) is 45.1 Å². The van der Waals surface area contributed by atoms with E-state index < -0.39 is 6.03 Å². The molecule has 0 saturated carbocycles. The van der Waals surface area contributed by atoms with E-state index >= 15 is 0 Å². The van der Waals surface area contributed by atoms with Gasteiger partial charge in [0, 0.05) is 40.9 Å². The Morgan fingerprint density at radius 1 is 0.822 bits per heavy atom. The fourth-order valence-corrected chi connectivity index (χ4v) is 4.69. The van der Waals surface area contributed by atoms with Gasteiger partial charge in [-0.25, -0.2) is 14.5 Å². The molecule has 4 N–H and O–H groups in total. The van der Waals surface area contributed by atoms with Crippen molar-refractivity contribution in [2.75, 3.05) is 30.2 Å². The molecule has 12 nitrogen and oxygen atoms in total. The fraction of sp³-hybridized carbons (Fsp3) is 0.0909. The van der Waals surface area contributed by atoms with Gasteiger partial charge in [0.25, 0.3) is 0 Å². The Morgan fingerprint density at radius 3 is 2.36 bits per heavy atom. The lowest BCUT2D eigenvalue weighted by molar-refractivity contribution is 0.262. The molecule has 0 spiro atoms. The van der Waals surface area contributed by atoms with Gasteiger partial charge in [0.05, 0.1) is 25.6 Å². The summed E-state index contributed by atoms with van der Waals surface area (Å²) < 4.78 is 18.3. The van der Waals surface area contributed by atoms with Crippen LogP contribution in [0.15, 0.2) is 97.2 Å². The number of carbonyl (C=O) groups is 1. The Morgan fingerprint density at radius 2 is 1.58 bits per heavy atom. The van der Waals surface area contributed by atoms with Gasteiger partial charge in [-0.1, -0.05) is 42.0 Å². The second kappa shape index (κ2) is 12.5. The van der Waals surface area contributed by atoms with E-state index in [-0.39, 0.29) is 5.88 Å². The molecule has 0 radical (unpaired) electrons. The van der Waals surface area contributed by atoms with Crippen LogP contribution in [0.25, 0.3) is 16.5 Å². The van der Waals surface area contributed by atoms with Crippen LogP contribution >= 0.6 is 0 Å². The highest BCUT2D eigenvalue weighted by atomic mass is 16.5. The summed E-state index contributed by atoms with van der Waals surface area (Å²) in [7, 11) is 3.14. The Kier molecular flexibility index (Phi) is 8.01. The lowest BCUT2D eigenvalue weighted by Crippen LogP contribution is -2.21. The molecule has 6 rings (SSSR count). The number of rotatable bonds is 9. The molecule has 0 bridgehead atoms. The average molecular weight is 604 g/mol. The smallest absolute Gasteiger partial charge is 0.324 e. The van der Waals surface area contributed by atoms with E-state index in [1.54, 1.807) is 50.7 Å². The third-order valence-corrected chi connectivity index (χ3v) is 6.83. The van der Waals surface area contributed by atoms with Crippen LogP contribution in [0.2, 0.25) is 0 Å². The summed E-state index contributed by atoms with van der Waals surface area (Å²) in [4.78, 5) is 21.9. The molecule has 12 heteroatoms. The van der Waals surface area contributed by atoms with Gasteiger partial charge in [0.15, 0.2) is 11.5 Å². The maximum atomic E-state index is 13.1. The first-order valence-electron chi connectivity index (χ1n) is 13.9. The van der Waals surface area contributed by atoms with Gasteiger partial charge in [0.1, 0.15) is 11.6 Å². The molecule has 226 valence electrons. The second-order valence-electron chi connectivity index (χ2n) is 9.89. The third kappa shape index (κ3) is 6.39. The lowest BCUT2D eigenvalue weighted by Gasteiger charge is -2.14. The second-order valence-corrected chi connectivity index (χ2v) is 9.89. The minimum atomic E-state index is -0.510. The normalized spacial score (nSPS) is 10.7. The van der Waals surface area contributed by atoms with Gasteiger partial charge in [-0.2, -0.15) is 4.98 Å². The molecule has 0 saturated heterocycles. The largest absolute Gasteiger partial charge is 0.493 e. The first-order valence-corrected chi connectivity index (χ1v) is 13.9. The number of hydrogen-bond donors (Lipinski definition) is 4. The summed E-state index contributed by atoms with van der Waals surface area (Å²) in [6.45, 7) is 1.97. The van der Waals surface area contributed by atoms with Gasteiger partial charge in [-0.3, -0.25) is 5.32 Å². The number of hydrogen-bond acceptors (Lipinski definition) is 9. The Balaban J connectivity index is 1.20. The van der Waals surface area contributed by atoms with E-state index in [1.165, 1.54) is 10.7 Å². The molecule has 0 aliphatic carbocycles. The highest BCUT2D eigenvalue weighted by Gasteiger charge is 2.15. The van der Waals surface area contributed by atoms with E-state index in [9.17, 15) is 9.90 Å². The van der Waals surface area contributed by atoms with E-state index in [2.05, 4.69) is 31.0 Å². The number of aromatic nitrogens is 4. The zero-order valence-electron chi connectivity index (χ0n) is 24.6. The summed E-state index contributed by atoms with van der Waals surface area (Å²) in [5, 5.41) is 24.5. The lowest BCUT2D eigenvalue weighted by atomic mass is 10.1. The molecule has 0 aliphatic rings. The summed E-state index contributed by atoms with van der Waals surface area (Å²) in [5.74, 6) is 2.45. The minimum Gasteiger partial charge on any atom is -0.493 e. The van der Waals surface area contributed by atoms with E-state index in [0.29, 0.717) is 52.0 Å². The molecule has 2 amide bonds. The van der Waals surface area contributed by atoms with E-state index in [4.69, 9.17) is 14.2 Å². The minimum absolute atomic E-state index is 0.218. The number of aromatic hydroxyl groups is 1. The number of nitrogens with one attached hydrogen (secondary N) is 3. The Labute approximate surface area is 258 Å². The number of nitrogens with zero attached hydrogens (tertiary/aromatic N) is 4.